The Hall–Kier alpha value is -1.36. The quantitative estimate of drug-likeness (QED) is 0.876. The van der Waals surface area contributed by atoms with Gasteiger partial charge in [-0.1, -0.05) is 35.0 Å². The van der Waals surface area contributed by atoms with Crippen LogP contribution in [-0.4, -0.2) is 17.0 Å². The molecule has 0 spiro atoms. The van der Waals surface area contributed by atoms with Crippen LogP contribution in [0.25, 0.3) is 0 Å². The molecular formula is C12H14BrNO3. The van der Waals surface area contributed by atoms with Crippen molar-refractivity contribution < 1.29 is 14.7 Å². The lowest BCUT2D eigenvalue weighted by Gasteiger charge is -2.10. The SMILES string of the molecule is CC(CC(=O)O)C(=O)NCc1ccc(Br)cc1. The molecule has 1 unspecified atom stereocenters. The van der Waals surface area contributed by atoms with Gasteiger partial charge < -0.3 is 10.4 Å². The van der Waals surface area contributed by atoms with Crippen molar-refractivity contribution in [2.75, 3.05) is 0 Å². The first kappa shape index (κ1) is 13.7. The third-order valence-corrected chi connectivity index (χ3v) is 2.84. The summed E-state index contributed by atoms with van der Waals surface area (Å²) in [5.74, 6) is -1.71. The monoisotopic (exact) mass is 299 g/mol. The van der Waals surface area contributed by atoms with Gasteiger partial charge in [0.15, 0.2) is 0 Å². The number of hydrogen-bond donors (Lipinski definition) is 2. The van der Waals surface area contributed by atoms with Crippen molar-refractivity contribution in [2.45, 2.75) is 19.9 Å². The van der Waals surface area contributed by atoms with E-state index in [1.54, 1.807) is 6.92 Å². The molecule has 1 atom stereocenters. The van der Waals surface area contributed by atoms with E-state index in [4.69, 9.17) is 5.11 Å². The van der Waals surface area contributed by atoms with Gasteiger partial charge in [-0.15, -0.1) is 0 Å². The number of carboxylic acid groups (broad SMARTS) is 1. The molecule has 0 aliphatic heterocycles. The zero-order valence-electron chi connectivity index (χ0n) is 9.44. The Morgan fingerprint density at radius 2 is 1.94 bits per heavy atom. The average Bonchev–Trinajstić information content (AvgIpc) is 2.27. The second-order valence-corrected chi connectivity index (χ2v) is 4.76. The fraction of sp³-hybridized carbons (Fsp3) is 0.333. The van der Waals surface area contributed by atoms with E-state index in [0.29, 0.717) is 6.54 Å². The molecule has 5 heteroatoms. The average molecular weight is 300 g/mol. The maximum Gasteiger partial charge on any atom is 0.304 e. The summed E-state index contributed by atoms with van der Waals surface area (Å²) >= 11 is 3.32. The Morgan fingerprint density at radius 3 is 2.47 bits per heavy atom. The van der Waals surface area contributed by atoms with Crippen LogP contribution in [0, 0.1) is 5.92 Å². The van der Waals surface area contributed by atoms with Gasteiger partial charge in [-0.2, -0.15) is 0 Å². The Balaban J connectivity index is 2.42. The molecule has 4 nitrogen and oxygen atoms in total. The van der Waals surface area contributed by atoms with Gasteiger partial charge in [0.05, 0.1) is 6.42 Å². The number of benzene rings is 1. The lowest BCUT2D eigenvalue weighted by Crippen LogP contribution is -2.29. The van der Waals surface area contributed by atoms with Crippen LogP contribution < -0.4 is 5.32 Å². The Kier molecular flexibility index (Phi) is 5.15. The number of amides is 1. The van der Waals surface area contributed by atoms with Crippen LogP contribution in [-0.2, 0) is 16.1 Å². The molecule has 0 heterocycles. The molecule has 1 aromatic carbocycles. The second kappa shape index (κ2) is 6.39. The molecule has 2 N–H and O–H groups in total. The smallest absolute Gasteiger partial charge is 0.304 e. The van der Waals surface area contributed by atoms with E-state index < -0.39 is 11.9 Å². The van der Waals surface area contributed by atoms with Crippen LogP contribution in [0.5, 0.6) is 0 Å². The largest absolute Gasteiger partial charge is 0.481 e. The van der Waals surface area contributed by atoms with Crippen molar-refractivity contribution in [3.05, 3.63) is 34.3 Å². The summed E-state index contributed by atoms with van der Waals surface area (Å²) in [7, 11) is 0. The van der Waals surface area contributed by atoms with Crippen molar-refractivity contribution in [1.29, 1.82) is 0 Å². The van der Waals surface area contributed by atoms with E-state index in [-0.39, 0.29) is 12.3 Å². The highest BCUT2D eigenvalue weighted by molar-refractivity contribution is 9.10. The lowest BCUT2D eigenvalue weighted by molar-refractivity contribution is -0.140. The number of hydrogen-bond acceptors (Lipinski definition) is 2. The van der Waals surface area contributed by atoms with E-state index in [1.807, 2.05) is 24.3 Å². The summed E-state index contributed by atoms with van der Waals surface area (Å²) in [6.07, 6.45) is -0.147. The predicted octanol–water partition coefficient (Wildman–Crippen LogP) is 2.18. The van der Waals surface area contributed by atoms with Crippen LogP contribution in [0.4, 0.5) is 0 Å². The molecule has 92 valence electrons. The first-order chi connectivity index (χ1) is 7.99. The molecule has 17 heavy (non-hydrogen) atoms. The molecule has 0 saturated heterocycles. The van der Waals surface area contributed by atoms with Gasteiger partial charge in [0.25, 0.3) is 0 Å². The van der Waals surface area contributed by atoms with Crippen LogP contribution >= 0.6 is 15.9 Å². The van der Waals surface area contributed by atoms with Gasteiger partial charge in [-0.25, -0.2) is 0 Å². The Morgan fingerprint density at radius 1 is 1.35 bits per heavy atom. The normalized spacial score (nSPS) is 11.9. The molecule has 0 aliphatic carbocycles. The van der Waals surface area contributed by atoms with E-state index in [9.17, 15) is 9.59 Å². The number of rotatable bonds is 5. The van der Waals surface area contributed by atoms with Gasteiger partial charge in [-0.05, 0) is 17.7 Å². The first-order valence-electron chi connectivity index (χ1n) is 5.23. The van der Waals surface area contributed by atoms with Crippen molar-refractivity contribution in [2.24, 2.45) is 5.92 Å². The van der Waals surface area contributed by atoms with E-state index in [1.165, 1.54) is 0 Å². The summed E-state index contributed by atoms with van der Waals surface area (Å²) in [6.45, 7) is 2.01. The number of carboxylic acids is 1. The highest BCUT2D eigenvalue weighted by Crippen LogP contribution is 2.10. The minimum Gasteiger partial charge on any atom is -0.481 e. The molecule has 0 aliphatic rings. The Labute approximate surface area is 108 Å². The molecule has 1 rings (SSSR count). The van der Waals surface area contributed by atoms with Crippen molar-refractivity contribution in [1.82, 2.24) is 5.32 Å². The molecular weight excluding hydrogens is 286 g/mol. The van der Waals surface area contributed by atoms with Gasteiger partial charge in [0.2, 0.25) is 5.91 Å². The van der Waals surface area contributed by atoms with Crippen LogP contribution in [0.1, 0.15) is 18.9 Å². The predicted molar refractivity (Wildman–Crippen MR) is 67.4 cm³/mol. The summed E-state index contributed by atoms with van der Waals surface area (Å²) < 4.78 is 0.979. The lowest BCUT2D eigenvalue weighted by atomic mass is 10.1. The molecule has 0 fully saturated rings. The van der Waals surface area contributed by atoms with E-state index >= 15 is 0 Å². The molecule has 0 bridgehead atoms. The Bertz CT molecular complexity index is 403. The third-order valence-electron chi connectivity index (χ3n) is 2.31. The third kappa shape index (κ3) is 4.99. The minimum atomic E-state index is -0.962. The second-order valence-electron chi connectivity index (χ2n) is 3.84. The highest BCUT2D eigenvalue weighted by Gasteiger charge is 2.15. The fourth-order valence-electron chi connectivity index (χ4n) is 1.32. The van der Waals surface area contributed by atoms with E-state index in [0.717, 1.165) is 10.0 Å². The van der Waals surface area contributed by atoms with Crippen LogP contribution in [0.2, 0.25) is 0 Å². The number of carbonyl (C=O) groups is 2. The topological polar surface area (TPSA) is 66.4 Å². The maximum absolute atomic E-state index is 11.5. The van der Waals surface area contributed by atoms with Crippen LogP contribution in [0.3, 0.4) is 0 Å². The van der Waals surface area contributed by atoms with Gasteiger partial charge >= 0.3 is 5.97 Å². The number of halogens is 1. The summed E-state index contributed by atoms with van der Waals surface area (Å²) in [5, 5.41) is 11.3. The number of aliphatic carboxylic acids is 1. The standard InChI is InChI=1S/C12H14BrNO3/c1-8(6-11(15)16)12(17)14-7-9-2-4-10(13)5-3-9/h2-5,8H,6-7H2,1H3,(H,14,17)(H,15,16). The molecule has 1 aromatic rings. The molecule has 0 saturated carbocycles. The van der Waals surface area contributed by atoms with Gasteiger partial charge in [0.1, 0.15) is 0 Å². The summed E-state index contributed by atoms with van der Waals surface area (Å²) in [6, 6.07) is 7.57. The number of carbonyl (C=O) groups excluding carboxylic acids is 1. The van der Waals surface area contributed by atoms with Gasteiger partial charge in [0, 0.05) is 16.9 Å². The van der Waals surface area contributed by atoms with E-state index in [2.05, 4.69) is 21.2 Å². The molecule has 1 amide bonds. The fourth-order valence-corrected chi connectivity index (χ4v) is 1.58. The highest BCUT2D eigenvalue weighted by atomic mass is 79.9. The summed E-state index contributed by atoms with van der Waals surface area (Å²) in [4.78, 5) is 22.0. The first-order valence-corrected chi connectivity index (χ1v) is 6.02. The van der Waals surface area contributed by atoms with Gasteiger partial charge in [-0.3, -0.25) is 9.59 Å². The molecule has 0 aromatic heterocycles. The minimum absolute atomic E-state index is 0.147. The zero-order valence-corrected chi connectivity index (χ0v) is 11.0. The zero-order chi connectivity index (χ0) is 12.8. The van der Waals surface area contributed by atoms with Crippen molar-refractivity contribution in [3.63, 3.8) is 0 Å². The summed E-state index contributed by atoms with van der Waals surface area (Å²) in [5.41, 5.74) is 0.976. The van der Waals surface area contributed by atoms with Crippen LogP contribution in [0.15, 0.2) is 28.7 Å². The maximum atomic E-state index is 11.5. The molecule has 0 radical (unpaired) electrons. The number of nitrogens with one attached hydrogen (secondary N) is 1. The van der Waals surface area contributed by atoms with Crippen molar-refractivity contribution in [3.8, 4) is 0 Å². The van der Waals surface area contributed by atoms with Crippen molar-refractivity contribution >= 4 is 27.8 Å².